The topological polar surface area (TPSA) is 166 Å². The van der Waals surface area contributed by atoms with E-state index in [1.165, 1.54) is 0 Å². The van der Waals surface area contributed by atoms with Crippen molar-refractivity contribution in [3.63, 3.8) is 0 Å². The third-order valence-corrected chi connectivity index (χ3v) is 2.02. The third kappa shape index (κ3) is 3.43. The van der Waals surface area contributed by atoms with Crippen molar-refractivity contribution in [1.82, 2.24) is 15.3 Å². The van der Waals surface area contributed by atoms with Crippen LogP contribution < -0.4 is 22.5 Å². The summed E-state index contributed by atoms with van der Waals surface area (Å²) in [5.41, 5.74) is 16.0. The highest BCUT2D eigenvalue weighted by atomic mass is 35.5. The molecule has 1 aromatic rings. The molecule has 9 nitrogen and oxygen atoms in total. The van der Waals surface area contributed by atoms with Crippen molar-refractivity contribution >= 4 is 35.1 Å². The van der Waals surface area contributed by atoms with Crippen LogP contribution >= 0.6 is 11.6 Å². The van der Waals surface area contributed by atoms with E-state index in [-0.39, 0.29) is 41.6 Å². The third-order valence-electron chi connectivity index (χ3n) is 1.74. The first-order chi connectivity index (χ1) is 8.45. The summed E-state index contributed by atoms with van der Waals surface area (Å²) in [4.78, 5) is 22.7. The number of anilines is 2. The number of aliphatic imine (C=N–C) groups is 1. The second kappa shape index (κ2) is 5.98. The summed E-state index contributed by atoms with van der Waals surface area (Å²) in [6.45, 7) is -0.123. The van der Waals surface area contributed by atoms with E-state index >= 15 is 0 Å². The van der Waals surface area contributed by atoms with Gasteiger partial charge in [0.2, 0.25) is 0 Å². The number of rotatable bonds is 3. The molecule has 0 bridgehead atoms. The SMILES string of the molecule is NC(=NCCO)NC(=O)c1nc(Cl)c(N)nc1N. The van der Waals surface area contributed by atoms with Gasteiger partial charge in [-0.2, -0.15) is 0 Å². The fourth-order valence-electron chi connectivity index (χ4n) is 0.994. The largest absolute Gasteiger partial charge is 0.394 e. The minimum Gasteiger partial charge on any atom is -0.394 e. The van der Waals surface area contributed by atoms with Crippen LogP contribution in [0.5, 0.6) is 0 Å². The van der Waals surface area contributed by atoms with Crippen molar-refractivity contribution in [2.75, 3.05) is 24.6 Å². The van der Waals surface area contributed by atoms with E-state index in [2.05, 4.69) is 20.3 Å². The van der Waals surface area contributed by atoms with Crippen molar-refractivity contribution in [1.29, 1.82) is 0 Å². The Morgan fingerprint density at radius 2 is 2.06 bits per heavy atom. The average Bonchev–Trinajstić information content (AvgIpc) is 2.31. The minimum absolute atomic E-state index is 0.0652. The normalized spacial score (nSPS) is 11.3. The number of aliphatic hydroxyl groups excluding tert-OH is 1. The number of guanidine groups is 1. The molecule has 1 rings (SSSR count). The Balaban J connectivity index is 2.88. The predicted octanol–water partition coefficient (Wildman–Crippen LogP) is -1.67. The highest BCUT2D eigenvalue weighted by molar-refractivity contribution is 6.31. The van der Waals surface area contributed by atoms with Gasteiger partial charge in [-0.05, 0) is 0 Å². The quantitative estimate of drug-likeness (QED) is 0.324. The lowest BCUT2D eigenvalue weighted by atomic mass is 10.4. The summed E-state index contributed by atoms with van der Waals surface area (Å²) in [6, 6.07) is 0. The molecule has 0 aromatic carbocycles. The number of carbonyl (C=O) groups excluding carboxylic acids is 1. The second-order valence-corrected chi connectivity index (χ2v) is 3.44. The fraction of sp³-hybridized carbons (Fsp3) is 0.250. The predicted molar refractivity (Wildman–Crippen MR) is 66.9 cm³/mol. The van der Waals surface area contributed by atoms with Gasteiger partial charge in [0.15, 0.2) is 28.4 Å². The molecular weight excluding hydrogens is 262 g/mol. The number of hydrogen-bond donors (Lipinski definition) is 5. The van der Waals surface area contributed by atoms with Crippen LogP contribution in [0.3, 0.4) is 0 Å². The highest BCUT2D eigenvalue weighted by Crippen LogP contribution is 2.16. The monoisotopic (exact) mass is 273 g/mol. The molecule has 0 aliphatic rings. The molecule has 0 atom stereocenters. The Labute approximate surface area is 107 Å². The van der Waals surface area contributed by atoms with Gasteiger partial charge in [0.05, 0.1) is 13.2 Å². The molecule has 1 amide bonds. The molecule has 18 heavy (non-hydrogen) atoms. The number of amides is 1. The van der Waals surface area contributed by atoms with Gasteiger partial charge in [0.1, 0.15) is 0 Å². The van der Waals surface area contributed by atoms with Crippen LogP contribution in [-0.2, 0) is 0 Å². The van der Waals surface area contributed by atoms with E-state index in [1.54, 1.807) is 0 Å². The van der Waals surface area contributed by atoms with Gasteiger partial charge in [-0.3, -0.25) is 15.1 Å². The molecule has 10 heteroatoms. The molecule has 1 heterocycles. The smallest absolute Gasteiger partial charge is 0.280 e. The van der Waals surface area contributed by atoms with E-state index < -0.39 is 5.91 Å². The molecule has 0 aliphatic carbocycles. The van der Waals surface area contributed by atoms with Gasteiger partial charge in [0, 0.05) is 0 Å². The molecule has 1 aromatic heterocycles. The van der Waals surface area contributed by atoms with E-state index in [1.807, 2.05) is 0 Å². The van der Waals surface area contributed by atoms with E-state index in [4.69, 9.17) is 33.9 Å². The van der Waals surface area contributed by atoms with Crippen molar-refractivity contribution in [2.24, 2.45) is 10.7 Å². The summed E-state index contributed by atoms with van der Waals surface area (Å²) in [5.74, 6) is -1.15. The Kier molecular flexibility index (Phi) is 4.63. The molecule has 0 unspecified atom stereocenters. The molecular formula is C8H12ClN7O2. The lowest BCUT2D eigenvalue weighted by Crippen LogP contribution is -2.38. The maximum absolute atomic E-state index is 11.7. The zero-order valence-electron chi connectivity index (χ0n) is 9.22. The van der Waals surface area contributed by atoms with Crippen LogP contribution in [0.2, 0.25) is 5.15 Å². The first-order valence-corrected chi connectivity index (χ1v) is 5.14. The fourth-order valence-corrected chi connectivity index (χ4v) is 1.12. The Bertz CT molecular complexity index is 491. The first kappa shape index (κ1) is 13.9. The molecule has 0 radical (unpaired) electrons. The van der Waals surface area contributed by atoms with Gasteiger partial charge in [0.25, 0.3) is 5.91 Å². The molecule has 8 N–H and O–H groups in total. The van der Waals surface area contributed by atoms with Crippen molar-refractivity contribution in [3.8, 4) is 0 Å². The summed E-state index contributed by atoms with van der Waals surface area (Å²) in [6.07, 6.45) is 0. The summed E-state index contributed by atoms with van der Waals surface area (Å²) in [7, 11) is 0. The van der Waals surface area contributed by atoms with Crippen LogP contribution in [0.25, 0.3) is 0 Å². The number of nitrogens with zero attached hydrogens (tertiary/aromatic N) is 3. The Hall–Kier alpha value is -2.13. The van der Waals surface area contributed by atoms with E-state index in [0.717, 1.165) is 0 Å². The van der Waals surface area contributed by atoms with Crippen LogP contribution in [0.1, 0.15) is 10.5 Å². The maximum Gasteiger partial charge on any atom is 0.280 e. The number of nitrogen functional groups attached to an aromatic ring is 2. The molecule has 0 fully saturated rings. The highest BCUT2D eigenvalue weighted by Gasteiger charge is 2.16. The molecule has 0 saturated carbocycles. The number of halogens is 1. The van der Waals surface area contributed by atoms with Gasteiger partial charge in [-0.15, -0.1) is 0 Å². The Morgan fingerprint density at radius 1 is 1.39 bits per heavy atom. The van der Waals surface area contributed by atoms with Crippen LogP contribution in [0, 0.1) is 0 Å². The van der Waals surface area contributed by atoms with E-state index in [0.29, 0.717) is 0 Å². The zero-order valence-corrected chi connectivity index (χ0v) is 9.98. The van der Waals surface area contributed by atoms with Crippen molar-refractivity contribution < 1.29 is 9.90 Å². The van der Waals surface area contributed by atoms with Gasteiger partial charge in [-0.1, -0.05) is 11.6 Å². The number of aliphatic hydroxyl groups is 1. The van der Waals surface area contributed by atoms with E-state index in [9.17, 15) is 4.79 Å². The van der Waals surface area contributed by atoms with Crippen LogP contribution in [-0.4, -0.2) is 40.1 Å². The number of carbonyl (C=O) groups is 1. The standard InChI is InChI=1S/C8H12ClN7O2/c9-4-6(11)15-5(10)3(14-4)7(18)16-8(12)13-1-2-17/h17H,1-2H2,(H4,10,11,15)(H3,12,13,16,18). The summed E-state index contributed by atoms with van der Waals surface area (Å²) >= 11 is 5.62. The molecule has 0 saturated heterocycles. The van der Waals surface area contributed by atoms with Crippen LogP contribution in [0.15, 0.2) is 4.99 Å². The maximum atomic E-state index is 11.7. The summed E-state index contributed by atoms with van der Waals surface area (Å²) < 4.78 is 0. The zero-order chi connectivity index (χ0) is 13.7. The Morgan fingerprint density at radius 3 is 2.67 bits per heavy atom. The van der Waals surface area contributed by atoms with Gasteiger partial charge in [-0.25, -0.2) is 9.97 Å². The number of hydrogen-bond acceptors (Lipinski definition) is 7. The van der Waals surface area contributed by atoms with Crippen LogP contribution in [0.4, 0.5) is 11.6 Å². The number of nitrogens with two attached hydrogens (primary N) is 3. The average molecular weight is 274 g/mol. The first-order valence-electron chi connectivity index (χ1n) is 4.76. The minimum atomic E-state index is -0.721. The molecule has 0 spiro atoms. The molecule has 98 valence electrons. The second-order valence-electron chi connectivity index (χ2n) is 3.08. The van der Waals surface area contributed by atoms with Gasteiger partial charge < -0.3 is 22.3 Å². The van der Waals surface area contributed by atoms with Crippen molar-refractivity contribution in [3.05, 3.63) is 10.8 Å². The molecule has 0 aliphatic heterocycles. The van der Waals surface area contributed by atoms with Crippen molar-refractivity contribution in [2.45, 2.75) is 0 Å². The summed E-state index contributed by atoms with van der Waals surface area (Å²) in [5, 5.41) is 10.6. The number of aromatic nitrogens is 2. The number of nitrogens with one attached hydrogen (secondary N) is 1. The lowest BCUT2D eigenvalue weighted by Gasteiger charge is -2.06. The van der Waals surface area contributed by atoms with Gasteiger partial charge >= 0.3 is 0 Å². The lowest BCUT2D eigenvalue weighted by molar-refractivity contribution is 0.0972.